The lowest BCUT2D eigenvalue weighted by molar-refractivity contribution is 0.535. The van der Waals surface area contributed by atoms with Crippen LogP contribution in [0.3, 0.4) is 0 Å². The Morgan fingerprint density at radius 1 is 0.552 bits per heavy atom. The van der Waals surface area contributed by atoms with Crippen LogP contribution in [-0.4, -0.2) is 0 Å². The summed E-state index contributed by atoms with van der Waals surface area (Å²) in [4.78, 5) is 0. The zero-order valence-electron chi connectivity index (χ0n) is 18.6. The third-order valence-electron chi connectivity index (χ3n) is 6.26. The number of benzene rings is 2. The first kappa shape index (κ1) is 22.3. The molecule has 1 heterocycles. The van der Waals surface area contributed by atoms with Crippen molar-refractivity contribution in [1.82, 2.24) is 0 Å². The number of thiophene rings is 1. The number of unbranched alkanes of at least 4 members (excludes halogenated alkanes) is 13. The van der Waals surface area contributed by atoms with Gasteiger partial charge in [-0.05, 0) is 36.6 Å². The van der Waals surface area contributed by atoms with E-state index in [9.17, 15) is 0 Å². The highest BCUT2D eigenvalue weighted by Gasteiger charge is 2.05. The van der Waals surface area contributed by atoms with Crippen molar-refractivity contribution in [2.45, 2.75) is 103 Å². The maximum Gasteiger partial charge on any atom is 0.0355 e. The number of hydrogen-bond donors (Lipinski definition) is 0. The molecule has 0 bridgehead atoms. The van der Waals surface area contributed by atoms with Crippen molar-refractivity contribution >= 4 is 31.5 Å². The highest BCUT2D eigenvalue weighted by atomic mass is 32.1. The second-order valence-corrected chi connectivity index (χ2v) is 9.86. The van der Waals surface area contributed by atoms with Crippen LogP contribution in [0, 0.1) is 0 Å². The molecule has 0 spiro atoms. The molecule has 1 heteroatoms. The number of fused-ring (bicyclic) bond motifs is 3. The highest BCUT2D eigenvalue weighted by Crippen LogP contribution is 2.34. The molecule has 0 fully saturated rings. The Kier molecular flexibility index (Phi) is 10.1. The van der Waals surface area contributed by atoms with E-state index < -0.39 is 0 Å². The van der Waals surface area contributed by atoms with E-state index in [1.54, 1.807) is 0 Å². The van der Waals surface area contributed by atoms with E-state index in [0.29, 0.717) is 0 Å². The maximum absolute atomic E-state index is 2.44. The third kappa shape index (κ3) is 7.45. The second kappa shape index (κ2) is 13.1. The minimum Gasteiger partial charge on any atom is -0.135 e. The van der Waals surface area contributed by atoms with Crippen molar-refractivity contribution in [3.8, 4) is 0 Å². The molecule has 3 rings (SSSR count). The van der Waals surface area contributed by atoms with E-state index in [4.69, 9.17) is 0 Å². The lowest BCUT2D eigenvalue weighted by atomic mass is 10.0. The zero-order chi connectivity index (χ0) is 20.2. The van der Waals surface area contributed by atoms with Crippen molar-refractivity contribution < 1.29 is 0 Å². The van der Waals surface area contributed by atoms with Gasteiger partial charge in [0.05, 0.1) is 0 Å². The molecule has 0 aliphatic rings. The summed E-state index contributed by atoms with van der Waals surface area (Å²) in [6.07, 6.45) is 21.3. The summed E-state index contributed by atoms with van der Waals surface area (Å²) in [6.45, 7) is 2.30. The minimum atomic E-state index is 1.23. The van der Waals surface area contributed by atoms with Crippen molar-refractivity contribution in [2.24, 2.45) is 0 Å². The minimum absolute atomic E-state index is 1.23. The van der Waals surface area contributed by atoms with Gasteiger partial charge in [0.2, 0.25) is 0 Å². The molecule has 0 nitrogen and oxygen atoms in total. The first-order valence-electron chi connectivity index (χ1n) is 12.3. The zero-order valence-corrected chi connectivity index (χ0v) is 19.4. The Labute approximate surface area is 182 Å². The fourth-order valence-electron chi connectivity index (χ4n) is 4.45. The van der Waals surface area contributed by atoms with Gasteiger partial charge in [0.25, 0.3) is 0 Å². The standard InChI is InChI=1S/C28H40S/c1-2-3-4-5-6-7-8-9-10-11-12-13-14-15-18-24-21-22-28-26(23-24)25-19-16-17-20-27(25)29-28/h16-17,19-23H,2-15,18H2,1H3. The molecule has 0 saturated carbocycles. The Bertz CT molecular complexity index is 829. The molecule has 0 amide bonds. The first-order valence-corrected chi connectivity index (χ1v) is 13.1. The largest absolute Gasteiger partial charge is 0.135 e. The highest BCUT2D eigenvalue weighted by molar-refractivity contribution is 7.25. The average Bonchev–Trinajstić information content (AvgIpc) is 3.12. The van der Waals surface area contributed by atoms with Gasteiger partial charge in [0.15, 0.2) is 0 Å². The summed E-state index contributed by atoms with van der Waals surface area (Å²) in [5.41, 5.74) is 1.51. The van der Waals surface area contributed by atoms with Gasteiger partial charge in [-0.3, -0.25) is 0 Å². The quantitative estimate of drug-likeness (QED) is 0.219. The van der Waals surface area contributed by atoms with Crippen molar-refractivity contribution in [3.63, 3.8) is 0 Å². The Morgan fingerprint density at radius 3 is 1.76 bits per heavy atom. The normalized spacial score (nSPS) is 11.6. The summed E-state index contributed by atoms with van der Waals surface area (Å²) >= 11 is 1.92. The smallest absolute Gasteiger partial charge is 0.0355 e. The monoisotopic (exact) mass is 408 g/mol. The van der Waals surface area contributed by atoms with Crippen LogP contribution in [0.5, 0.6) is 0 Å². The third-order valence-corrected chi connectivity index (χ3v) is 7.41. The van der Waals surface area contributed by atoms with Crippen LogP contribution in [0.4, 0.5) is 0 Å². The molecule has 0 radical (unpaired) electrons. The molecule has 3 aromatic rings. The summed E-state index contributed by atoms with van der Waals surface area (Å²) in [7, 11) is 0. The van der Waals surface area contributed by atoms with E-state index >= 15 is 0 Å². The summed E-state index contributed by atoms with van der Waals surface area (Å²) in [5, 5.41) is 2.88. The van der Waals surface area contributed by atoms with E-state index in [1.807, 2.05) is 11.3 Å². The second-order valence-electron chi connectivity index (χ2n) is 8.77. The Balaban J connectivity index is 1.23. The van der Waals surface area contributed by atoms with Crippen LogP contribution in [-0.2, 0) is 6.42 Å². The number of hydrogen-bond acceptors (Lipinski definition) is 1. The van der Waals surface area contributed by atoms with E-state index in [1.165, 1.54) is 122 Å². The van der Waals surface area contributed by atoms with Gasteiger partial charge in [0.1, 0.15) is 0 Å². The molecule has 0 saturated heterocycles. The molecule has 0 atom stereocenters. The van der Waals surface area contributed by atoms with Crippen LogP contribution in [0.1, 0.15) is 102 Å². The van der Waals surface area contributed by atoms with Crippen LogP contribution in [0.15, 0.2) is 42.5 Å². The predicted molar refractivity (Wildman–Crippen MR) is 133 cm³/mol. The molecule has 2 aromatic carbocycles. The van der Waals surface area contributed by atoms with Crippen LogP contribution < -0.4 is 0 Å². The lowest BCUT2D eigenvalue weighted by Crippen LogP contribution is -1.87. The Hall–Kier alpha value is -1.34. The molecular formula is C28H40S. The molecule has 29 heavy (non-hydrogen) atoms. The predicted octanol–water partition coefficient (Wildman–Crippen LogP) is 10.1. The summed E-state index contributed by atoms with van der Waals surface area (Å²) in [5.74, 6) is 0. The van der Waals surface area contributed by atoms with Gasteiger partial charge in [-0.25, -0.2) is 0 Å². The first-order chi connectivity index (χ1) is 14.4. The van der Waals surface area contributed by atoms with E-state index in [0.717, 1.165) is 0 Å². The summed E-state index contributed by atoms with van der Waals surface area (Å²) < 4.78 is 2.84. The molecule has 1 aromatic heterocycles. The number of aryl methyl sites for hydroxylation is 1. The lowest BCUT2D eigenvalue weighted by Gasteiger charge is -2.04. The van der Waals surface area contributed by atoms with Gasteiger partial charge < -0.3 is 0 Å². The molecule has 0 aliphatic heterocycles. The van der Waals surface area contributed by atoms with Gasteiger partial charge >= 0.3 is 0 Å². The molecule has 158 valence electrons. The van der Waals surface area contributed by atoms with Gasteiger partial charge in [-0.15, -0.1) is 11.3 Å². The van der Waals surface area contributed by atoms with Crippen LogP contribution in [0.2, 0.25) is 0 Å². The average molecular weight is 409 g/mol. The van der Waals surface area contributed by atoms with Gasteiger partial charge in [-0.2, -0.15) is 0 Å². The molecule has 0 unspecified atom stereocenters. The molecule has 0 aliphatic carbocycles. The molecule has 0 N–H and O–H groups in total. The van der Waals surface area contributed by atoms with E-state index in [2.05, 4.69) is 49.4 Å². The number of rotatable bonds is 15. The summed E-state index contributed by atoms with van der Waals surface area (Å²) in [6, 6.07) is 15.9. The van der Waals surface area contributed by atoms with Gasteiger partial charge in [-0.1, -0.05) is 115 Å². The topological polar surface area (TPSA) is 0 Å². The van der Waals surface area contributed by atoms with Crippen LogP contribution in [0.25, 0.3) is 20.2 Å². The van der Waals surface area contributed by atoms with Crippen molar-refractivity contribution in [3.05, 3.63) is 48.0 Å². The fraction of sp³-hybridized carbons (Fsp3) is 0.571. The Morgan fingerprint density at radius 2 is 1.10 bits per heavy atom. The van der Waals surface area contributed by atoms with Crippen molar-refractivity contribution in [2.75, 3.05) is 0 Å². The van der Waals surface area contributed by atoms with E-state index in [-0.39, 0.29) is 0 Å². The van der Waals surface area contributed by atoms with Crippen molar-refractivity contribution in [1.29, 1.82) is 0 Å². The molecular weight excluding hydrogens is 368 g/mol. The van der Waals surface area contributed by atoms with Gasteiger partial charge in [0, 0.05) is 20.2 Å². The van der Waals surface area contributed by atoms with Crippen LogP contribution >= 0.6 is 11.3 Å². The SMILES string of the molecule is CCCCCCCCCCCCCCCCc1ccc2sc3ccccc3c2c1. The maximum atomic E-state index is 2.44. The fourth-order valence-corrected chi connectivity index (χ4v) is 5.54.